The first-order valence-electron chi connectivity index (χ1n) is 13.1. The van der Waals surface area contributed by atoms with Crippen molar-refractivity contribution in [1.82, 2.24) is 10.1 Å². The minimum atomic E-state index is -1.10. The molecule has 3 aliphatic rings. The normalized spacial score (nSPS) is 31.4. The molecule has 0 spiro atoms. The molecule has 0 radical (unpaired) electrons. The summed E-state index contributed by atoms with van der Waals surface area (Å²) in [5, 5.41) is 30.2. The van der Waals surface area contributed by atoms with Crippen molar-refractivity contribution in [2.45, 2.75) is 72.2 Å². The lowest BCUT2D eigenvalue weighted by Gasteiger charge is -2.45. The number of aliphatic hydroxyl groups excluding tert-OH is 2. The number of imide groups is 1. The maximum absolute atomic E-state index is 13.1. The molecule has 2 aromatic rings. The van der Waals surface area contributed by atoms with Gasteiger partial charge in [0.1, 0.15) is 5.69 Å². The Bertz CT molecular complexity index is 1230. The fraction of sp³-hybridized carbons (Fsp3) is 0.571. The van der Waals surface area contributed by atoms with Crippen molar-refractivity contribution < 1.29 is 29.2 Å². The molecule has 7 atom stereocenters. The summed E-state index contributed by atoms with van der Waals surface area (Å²) in [4.78, 5) is 32.9. The number of aryl methyl sites for hydroxylation is 3. The largest absolute Gasteiger partial charge is 0.390 e. The maximum Gasteiger partial charge on any atom is 0.233 e. The smallest absolute Gasteiger partial charge is 0.233 e. The number of carbonyl (C=O) groups excluding carboxylic acids is 2. The van der Waals surface area contributed by atoms with Crippen molar-refractivity contribution in [3.63, 3.8) is 0 Å². The molecule has 3 fully saturated rings. The SMILES string of the molecule is CCN1C(=O)[C@H]2[C@H]3[C@H](O)[C@H](O)CC(=NO[C@@H](C)c4cc(-c5c(C)cc(C)cc5C)no4)[C@@H]3CC[C@H]2C1=O. The highest BCUT2D eigenvalue weighted by atomic mass is 16.6. The van der Waals surface area contributed by atoms with Crippen LogP contribution >= 0.6 is 0 Å². The van der Waals surface area contributed by atoms with Gasteiger partial charge in [-0.05, 0) is 58.6 Å². The number of carbonyl (C=O) groups is 2. The van der Waals surface area contributed by atoms with Gasteiger partial charge in [0.15, 0.2) is 11.9 Å². The van der Waals surface area contributed by atoms with Crippen LogP contribution in [0.5, 0.6) is 0 Å². The molecule has 1 aromatic carbocycles. The van der Waals surface area contributed by atoms with Crippen molar-refractivity contribution in [3.05, 3.63) is 40.6 Å². The third-order valence-electron chi connectivity index (χ3n) is 8.38. The number of hydrogen-bond acceptors (Lipinski definition) is 8. The van der Waals surface area contributed by atoms with Crippen LogP contribution in [0, 0.1) is 44.4 Å². The number of rotatable bonds is 5. The zero-order valence-electron chi connectivity index (χ0n) is 22.0. The monoisotopic (exact) mass is 509 g/mol. The number of benzene rings is 1. The molecule has 0 unspecified atom stereocenters. The molecule has 1 aliphatic heterocycles. The van der Waals surface area contributed by atoms with Gasteiger partial charge in [-0.1, -0.05) is 28.0 Å². The van der Waals surface area contributed by atoms with Crippen LogP contribution in [0.3, 0.4) is 0 Å². The summed E-state index contributed by atoms with van der Waals surface area (Å²) in [5.41, 5.74) is 5.78. The standard InChI is InChI=1S/C28H35N3O6/c1-6-31-27(34)18-8-7-17-19(11-21(32)26(33)24(17)25(18)28(31)35)29-36-16(5)22-12-20(30-37-22)23-14(3)9-13(2)10-15(23)4/h9-10,12,16-18,21,24-26,32-33H,6-8,11H2,1-5H3/t16-,17-,18+,21+,24-,25+,26+/m0/s1. The zero-order chi connectivity index (χ0) is 26.6. The van der Waals surface area contributed by atoms with E-state index in [1.807, 2.05) is 26.8 Å². The quantitative estimate of drug-likeness (QED) is 0.467. The van der Waals surface area contributed by atoms with Crippen LogP contribution in [-0.4, -0.2) is 56.5 Å². The molecule has 2 saturated carbocycles. The van der Waals surface area contributed by atoms with Gasteiger partial charge in [0.2, 0.25) is 11.8 Å². The summed E-state index contributed by atoms with van der Waals surface area (Å²) < 4.78 is 5.59. The fourth-order valence-corrected chi connectivity index (χ4v) is 6.73. The van der Waals surface area contributed by atoms with Gasteiger partial charge < -0.3 is 19.6 Å². The zero-order valence-corrected chi connectivity index (χ0v) is 22.0. The van der Waals surface area contributed by atoms with Crippen molar-refractivity contribution in [2.24, 2.45) is 28.8 Å². The van der Waals surface area contributed by atoms with E-state index in [1.165, 1.54) is 10.5 Å². The van der Waals surface area contributed by atoms with Crippen molar-refractivity contribution in [3.8, 4) is 11.3 Å². The molecule has 1 saturated heterocycles. The Hall–Kier alpha value is -3.04. The number of likely N-dealkylation sites (tertiary alicyclic amines) is 1. The van der Waals surface area contributed by atoms with E-state index in [1.54, 1.807) is 6.92 Å². The van der Waals surface area contributed by atoms with Gasteiger partial charge in [-0.25, -0.2) is 0 Å². The van der Waals surface area contributed by atoms with E-state index in [9.17, 15) is 19.8 Å². The molecular formula is C28H35N3O6. The maximum atomic E-state index is 13.1. The molecule has 2 aliphatic carbocycles. The predicted molar refractivity (Wildman–Crippen MR) is 135 cm³/mol. The highest BCUT2D eigenvalue weighted by molar-refractivity contribution is 6.06. The van der Waals surface area contributed by atoms with Gasteiger partial charge in [0, 0.05) is 36.4 Å². The Balaban J connectivity index is 1.36. The molecule has 9 heteroatoms. The molecule has 9 nitrogen and oxygen atoms in total. The molecule has 37 heavy (non-hydrogen) atoms. The van der Waals surface area contributed by atoms with Gasteiger partial charge in [-0.15, -0.1) is 0 Å². The lowest BCUT2D eigenvalue weighted by molar-refractivity contribution is -0.141. The second-order valence-electron chi connectivity index (χ2n) is 10.8. The van der Waals surface area contributed by atoms with Crippen LogP contribution in [0.1, 0.15) is 61.7 Å². The number of aliphatic hydroxyl groups is 2. The van der Waals surface area contributed by atoms with Crippen LogP contribution in [0.4, 0.5) is 0 Å². The van der Waals surface area contributed by atoms with E-state index in [4.69, 9.17) is 9.36 Å². The molecule has 198 valence electrons. The van der Waals surface area contributed by atoms with Crippen LogP contribution in [0.15, 0.2) is 27.9 Å². The molecule has 1 aromatic heterocycles. The third kappa shape index (κ3) is 4.28. The third-order valence-corrected chi connectivity index (χ3v) is 8.38. The van der Waals surface area contributed by atoms with E-state index >= 15 is 0 Å². The van der Waals surface area contributed by atoms with E-state index in [0.717, 1.165) is 22.4 Å². The van der Waals surface area contributed by atoms with Gasteiger partial charge >= 0.3 is 0 Å². The first kappa shape index (κ1) is 25.6. The van der Waals surface area contributed by atoms with Crippen LogP contribution < -0.4 is 0 Å². The highest BCUT2D eigenvalue weighted by Crippen LogP contribution is 2.49. The van der Waals surface area contributed by atoms with E-state index < -0.39 is 36.1 Å². The summed E-state index contributed by atoms with van der Waals surface area (Å²) in [6, 6.07) is 6.07. The summed E-state index contributed by atoms with van der Waals surface area (Å²) in [5.74, 6) is -1.82. The van der Waals surface area contributed by atoms with E-state index in [2.05, 4.69) is 29.4 Å². The van der Waals surface area contributed by atoms with E-state index in [-0.39, 0.29) is 24.2 Å². The topological polar surface area (TPSA) is 125 Å². The van der Waals surface area contributed by atoms with Crippen LogP contribution in [-0.2, 0) is 14.4 Å². The first-order valence-corrected chi connectivity index (χ1v) is 13.1. The molecule has 5 rings (SSSR count). The van der Waals surface area contributed by atoms with E-state index in [0.29, 0.717) is 30.9 Å². The number of nitrogens with zero attached hydrogens (tertiary/aromatic N) is 3. The minimum absolute atomic E-state index is 0.148. The molecule has 2 amide bonds. The number of oxime groups is 1. The molecule has 2 heterocycles. The number of hydrogen-bond donors (Lipinski definition) is 2. The summed E-state index contributed by atoms with van der Waals surface area (Å²) in [6.45, 7) is 10.0. The summed E-state index contributed by atoms with van der Waals surface area (Å²) in [7, 11) is 0. The van der Waals surface area contributed by atoms with Crippen molar-refractivity contribution in [2.75, 3.05) is 6.54 Å². The Morgan fingerprint density at radius 2 is 1.78 bits per heavy atom. The second kappa shape index (κ2) is 9.68. The first-order chi connectivity index (χ1) is 17.6. The van der Waals surface area contributed by atoms with Crippen molar-refractivity contribution in [1.29, 1.82) is 0 Å². The molecule has 2 N–H and O–H groups in total. The number of amides is 2. The number of fused-ring (bicyclic) bond motifs is 3. The highest BCUT2D eigenvalue weighted by Gasteiger charge is 2.59. The molecule has 0 bridgehead atoms. The molecular weight excluding hydrogens is 474 g/mol. The second-order valence-corrected chi connectivity index (χ2v) is 10.8. The summed E-state index contributed by atoms with van der Waals surface area (Å²) >= 11 is 0. The minimum Gasteiger partial charge on any atom is -0.390 e. The fourth-order valence-electron chi connectivity index (χ4n) is 6.73. The Labute approximate surface area is 216 Å². The Morgan fingerprint density at radius 1 is 1.11 bits per heavy atom. The lowest BCUT2D eigenvalue weighted by atomic mass is 9.60. The average molecular weight is 510 g/mol. The van der Waals surface area contributed by atoms with Gasteiger partial charge in [0.05, 0.1) is 29.8 Å². The van der Waals surface area contributed by atoms with Gasteiger partial charge in [0.25, 0.3) is 0 Å². The van der Waals surface area contributed by atoms with Crippen LogP contribution in [0.2, 0.25) is 0 Å². The summed E-state index contributed by atoms with van der Waals surface area (Å²) in [6.07, 6.45) is -1.42. The predicted octanol–water partition coefficient (Wildman–Crippen LogP) is 3.47. The Kier molecular flexibility index (Phi) is 6.70. The van der Waals surface area contributed by atoms with Gasteiger partial charge in [-0.3, -0.25) is 14.5 Å². The lowest BCUT2D eigenvalue weighted by Crippen LogP contribution is -2.54. The van der Waals surface area contributed by atoms with Gasteiger partial charge in [-0.2, -0.15) is 0 Å². The van der Waals surface area contributed by atoms with Crippen LogP contribution in [0.25, 0.3) is 11.3 Å². The number of aromatic nitrogens is 1. The average Bonchev–Trinajstić information content (AvgIpc) is 3.42. The Morgan fingerprint density at radius 3 is 2.46 bits per heavy atom. The van der Waals surface area contributed by atoms with Crippen molar-refractivity contribution >= 4 is 17.5 Å².